The third-order valence-electron chi connectivity index (χ3n) is 7.41. The number of amides is 2. The summed E-state index contributed by atoms with van der Waals surface area (Å²) in [6.07, 6.45) is -4.84. The van der Waals surface area contributed by atoms with Crippen LogP contribution in [0.1, 0.15) is 40.2 Å². The van der Waals surface area contributed by atoms with E-state index in [1.165, 1.54) is 38.3 Å². The number of fused-ring (bicyclic) bond motifs is 2. The lowest BCUT2D eigenvalue weighted by atomic mass is 9.82. The molecule has 2 atom stereocenters. The van der Waals surface area contributed by atoms with Gasteiger partial charge in [-0.1, -0.05) is 0 Å². The number of pyridine rings is 2. The maximum Gasteiger partial charge on any atom is 0.398 e. The van der Waals surface area contributed by atoms with Crippen LogP contribution in [0.2, 0.25) is 0 Å². The van der Waals surface area contributed by atoms with Gasteiger partial charge in [-0.15, -0.1) is 0 Å². The lowest BCUT2D eigenvalue weighted by molar-refractivity contribution is -0.149. The number of methoxy groups -OCH3 is 1. The van der Waals surface area contributed by atoms with Crippen LogP contribution in [0, 0.1) is 12.7 Å². The number of carbonyl (C=O) groups excluding carboxylic acids is 2. The van der Waals surface area contributed by atoms with E-state index in [2.05, 4.69) is 15.3 Å². The van der Waals surface area contributed by atoms with Crippen LogP contribution in [-0.4, -0.2) is 48.2 Å². The highest BCUT2D eigenvalue weighted by atomic mass is 19.4. The number of hydrogen-bond donors (Lipinski definition) is 2. The molecule has 1 aliphatic rings. The lowest BCUT2D eigenvalue weighted by Gasteiger charge is -2.24. The van der Waals surface area contributed by atoms with Gasteiger partial charge in [-0.25, -0.2) is 14.4 Å². The van der Waals surface area contributed by atoms with Gasteiger partial charge in [0, 0.05) is 28.6 Å². The molecule has 0 saturated heterocycles. The summed E-state index contributed by atoms with van der Waals surface area (Å²) < 4.78 is 68.1. The number of hydrogen-bond acceptors (Lipinski definition) is 6. The van der Waals surface area contributed by atoms with Crippen LogP contribution in [0.5, 0.6) is 11.5 Å². The van der Waals surface area contributed by atoms with Gasteiger partial charge < -0.3 is 20.5 Å². The molecule has 0 bridgehead atoms. The molecule has 0 radical (unpaired) electrons. The summed E-state index contributed by atoms with van der Waals surface area (Å²) in [4.78, 5) is 34.0. The highest BCUT2D eigenvalue weighted by molar-refractivity contribution is 5.98. The predicted octanol–water partition coefficient (Wildman–Crippen LogP) is 4.96. The first-order valence-electron chi connectivity index (χ1n) is 12.9. The average molecular weight is 583 g/mol. The first-order chi connectivity index (χ1) is 19.8. The van der Waals surface area contributed by atoms with E-state index in [-0.39, 0.29) is 34.7 Å². The van der Waals surface area contributed by atoms with Crippen LogP contribution in [0.15, 0.2) is 54.6 Å². The summed E-state index contributed by atoms with van der Waals surface area (Å²) in [5.41, 5.74) is 5.50. The quantitative estimate of drug-likeness (QED) is 0.298. The fourth-order valence-electron chi connectivity index (χ4n) is 4.88. The first-order valence-corrected chi connectivity index (χ1v) is 12.9. The van der Waals surface area contributed by atoms with Crippen LogP contribution in [-0.2, 0) is 10.2 Å². The van der Waals surface area contributed by atoms with Crippen LogP contribution < -0.4 is 20.5 Å². The standard InChI is InChI=1S/C30H26F4N4O4/c1-15-24(41-3)11-18-10-17(6-9-22(18)37-15)27(39)36-13-21(30(32,33)34)23-12-20-26(42-14-29(20,2)28(35)40)25(38-23)16-4-7-19(31)8-5-16/h4-12,21H,13-14H2,1-3H3,(H2,35,40)(H,36,39)/t21?,29-/m0/s1. The number of nitrogens with zero attached hydrogens (tertiary/aromatic N) is 2. The number of ether oxygens (including phenoxy) is 2. The Bertz CT molecular complexity index is 1710. The van der Waals surface area contributed by atoms with E-state index in [1.807, 2.05) is 0 Å². The van der Waals surface area contributed by atoms with E-state index in [0.717, 1.165) is 18.2 Å². The number of benzene rings is 2. The Hall–Kier alpha value is -4.74. The Kier molecular flexibility index (Phi) is 7.25. The molecule has 4 aromatic rings. The second-order valence-electron chi connectivity index (χ2n) is 10.3. The zero-order valence-electron chi connectivity index (χ0n) is 22.8. The predicted molar refractivity (Wildman–Crippen MR) is 146 cm³/mol. The molecule has 2 aromatic heterocycles. The largest absolute Gasteiger partial charge is 0.495 e. The zero-order valence-corrected chi connectivity index (χ0v) is 22.8. The molecule has 5 rings (SSSR count). The van der Waals surface area contributed by atoms with Crippen molar-refractivity contribution in [1.29, 1.82) is 0 Å². The molecule has 12 heteroatoms. The summed E-state index contributed by atoms with van der Waals surface area (Å²) in [6.45, 7) is 2.18. The number of carbonyl (C=O) groups is 2. The van der Waals surface area contributed by atoms with Gasteiger partial charge in [-0.05, 0) is 68.4 Å². The van der Waals surface area contributed by atoms with Gasteiger partial charge in [0.1, 0.15) is 40.9 Å². The topological polar surface area (TPSA) is 116 Å². The summed E-state index contributed by atoms with van der Waals surface area (Å²) in [7, 11) is 1.48. The van der Waals surface area contributed by atoms with Crippen molar-refractivity contribution >= 4 is 22.7 Å². The number of aromatic nitrogens is 2. The van der Waals surface area contributed by atoms with Crippen molar-refractivity contribution in [3.8, 4) is 22.8 Å². The van der Waals surface area contributed by atoms with E-state index >= 15 is 0 Å². The van der Waals surface area contributed by atoms with Gasteiger partial charge in [-0.3, -0.25) is 9.59 Å². The molecule has 0 aliphatic carbocycles. The molecule has 1 unspecified atom stereocenters. The number of nitrogens with one attached hydrogen (secondary N) is 1. The van der Waals surface area contributed by atoms with Crippen LogP contribution in [0.3, 0.4) is 0 Å². The minimum atomic E-state index is -4.84. The Labute approximate surface area is 237 Å². The van der Waals surface area contributed by atoms with Crippen molar-refractivity contribution in [2.45, 2.75) is 31.4 Å². The number of rotatable bonds is 7. The highest BCUT2D eigenvalue weighted by Gasteiger charge is 2.47. The maximum atomic E-state index is 14.5. The summed E-state index contributed by atoms with van der Waals surface area (Å²) in [6, 6.07) is 12.4. The molecule has 2 aromatic carbocycles. The lowest BCUT2D eigenvalue weighted by Crippen LogP contribution is -2.40. The molecule has 0 saturated carbocycles. The fourth-order valence-corrected chi connectivity index (χ4v) is 4.88. The number of primary amides is 1. The number of alkyl halides is 3. The minimum absolute atomic E-state index is 0.000628. The second kappa shape index (κ2) is 10.6. The maximum absolute atomic E-state index is 14.5. The molecular weight excluding hydrogens is 556 g/mol. The first kappa shape index (κ1) is 28.8. The molecule has 2 amide bonds. The second-order valence-corrected chi connectivity index (χ2v) is 10.3. The minimum Gasteiger partial charge on any atom is -0.495 e. The SMILES string of the molecule is COc1cc2cc(C(=O)NCC(c3cc4c(c(-c5ccc(F)cc5)n3)OC[C@]4(C)C(N)=O)C(F)(F)F)ccc2nc1C. The van der Waals surface area contributed by atoms with Gasteiger partial charge >= 0.3 is 6.18 Å². The molecule has 218 valence electrons. The molecule has 8 nitrogen and oxygen atoms in total. The summed E-state index contributed by atoms with van der Waals surface area (Å²) in [5, 5.41) is 2.94. The van der Waals surface area contributed by atoms with Crippen LogP contribution in [0.25, 0.3) is 22.2 Å². The zero-order chi connectivity index (χ0) is 30.4. The Morgan fingerprint density at radius 3 is 2.48 bits per heavy atom. The van der Waals surface area contributed by atoms with E-state index in [9.17, 15) is 27.2 Å². The van der Waals surface area contributed by atoms with Crippen LogP contribution >= 0.6 is 0 Å². The number of nitrogens with two attached hydrogens (primary N) is 1. The van der Waals surface area contributed by atoms with Gasteiger partial charge in [0.25, 0.3) is 5.91 Å². The molecule has 3 heterocycles. The monoisotopic (exact) mass is 582 g/mol. The van der Waals surface area contributed by atoms with E-state index < -0.39 is 47.4 Å². The van der Waals surface area contributed by atoms with Crippen molar-refractivity contribution in [3.63, 3.8) is 0 Å². The van der Waals surface area contributed by atoms with Gasteiger partial charge in [0.05, 0.1) is 24.0 Å². The van der Waals surface area contributed by atoms with Gasteiger partial charge in [0.15, 0.2) is 0 Å². The van der Waals surface area contributed by atoms with Gasteiger partial charge in [-0.2, -0.15) is 13.2 Å². The smallest absolute Gasteiger partial charge is 0.398 e. The molecule has 1 aliphatic heterocycles. The van der Waals surface area contributed by atoms with E-state index in [4.69, 9.17) is 15.2 Å². The molecular formula is C30H26F4N4O4. The van der Waals surface area contributed by atoms with Gasteiger partial charge in [0.2, 0.25) is 5.91 Å². The van der Waals surface area contributed by atoms with Crippen molar-refractivity contribution < 1.29 is 36.6 Å². The summed E-state index contributed by atoms with van der Waals surface area (Å²) in [5.74, 6) is -3.75. The summed E-state index contributed by atoms with van der Waals surface area (Å²) >= 11 is 0. The molecule has 3 N–H and O–H groups in total. The fraction of sp³-hybridized carbons (Fsp3) is 0.267. The van der Waals surface area contributed by atoms with Crippen LogP contribution in [0.4, 0.5) is 17.6 Å². The Balaban J connectivity index is 1.52. The molecule has 0 spiro atoms. The highest BCUT2D eigenvalue weighted by Crippen LogP contribution is 2.46. The third kappa shape index (κ3) is 5.19. The van der Waals surface area contributed by atoms with Crippen molar-refractivity contribution in [3.05, 3.63) is 82.9 Å². The Morgan fingerprint density at radius 1 is 1.12 bits per heavy atom. The van der Waals surface area contributed by atoms with E-state index in [0.29, 0.717) is 22.3 Å². The molecule has 42 heavy (non-hydrogen) atoms. The average Bonchev–Trinajstić information content (AvgIpc) is 3.29. The molecule has 0 fully saturated rings. The van der Waals surface area contributed by atoms with E-state index in [1.54, 1.807) is 19.1 Å². The number of aryl methyl sites for hydroxylation is 1. The van der Waals surface area contributed by atoms with Crippen molar-refractivity contribution in [1.82, 2.24) is 15.3 Å². The number of halogens is 4. The van der Waals surface area contributed by atoms with Crippen molar-refractivity contribution in [2.24, 2.45) is 5.73 Å². The Morgan fingerprint density at radius 2 is 1.83 bits per heavy atom. The third-order valence-corrected chi connectivity index (χ3v) is 7.41. The van der Waals surface area contributed by atoms with Crippen molar-refractivity contribution in [2.75, 3.05) is 20.3 Å². The normalized spacial score (nSPS) is 16.9.